The first kappa shape index (κ1) is 19.0. The number of para-hydroxylation sites is 2. The predicted molar refractivity (Wildman–Crippen MR) is 106 cm³/mol. The highest BCUT2D eigenvalue weighted by Crippen LogP contribution is 2.34. The van der Waals surface area contributed by atoms with Crippen molar-refractivity contribution in [3.63, 3.8) is 0 Å². The van der Waals surface area contributed by atoms with Crippen LogP contribution in [0.4, 0.5) is 5.69 Å². The Hall–Kier alpha value is -2.76. The van der Waals surface area contributed by atoms with E-state index in [0.29, 0.717) is 18.8 Å². The zero-order valence-corrected chi connectivity index (χ0v) is 16.1. The average molecular weight is 369 g/mol. The van der Waals surface area contributed by atoms with Gasteiger partial charge in [0.15, 0.2) is 6.10 Å². The molecule has 1 amide bonds. The Morgan fingerprint density at radius 3 is 2.70 bits per heavy atom. The van der Waals surface area contributed by atoms with Gasteiger partial charge < -0.3 is 19.5 Å². The van der Waals surface area contributed by atoms with Gasteiger partial charge in [-0.3, -0.25) is 9.59 Å². The molecule has 1 aromatic heterocycles. The van der Waals surface area contributed by atoms with Gasteiger partial charge in [-0.05, 0) is 36.6 Å². The van der Waals surface area contributed by atoms with Crippen LogP contribution in [0.1, 0.15) is 32.3 Å². The molecule has 0 fully saturated rings. The smallest absolute Gasteiger partial charge is 0.263 e. The van der Waals surface area contributed by atoms with Crippen molar-refractivity contribution in [3.05, 3.63) is 58.5 Å². The summed E-state index contributed by atoms with van der Waals surface area (Å²) < 4.78 is 7.52. The van der Waals surface area contributed by atoms with Gasteiger partial charge >= 0.3 is 0 Å². The highest BCUT2D eigenvalue weighted by molar-refractivity contribution is 5.83. The second kappa shape index (κ2) is 8.29. The highest BCUT2D eigenvalue weighted by Gasteiger charge is 2.31. The number of pyridine rings is 1. The largest absolute Gasteiger partial charge is 0.477 e. The Kier molecular flexibility index (Phi) is 5.84. The maximum atomic E-state index is 12.7. The quantitative estimate of drug-likeness (QED) is 0.850. The fourth-order valence-corrected chi connectivity index (χ4v) is 3.29. The summed E-state index contributed by atoms with van der Waals surface area (Å²) in [6, 6.07) is 11.4. The molecule has 1 aliphatic rings. The molecule has 0 aliphatic carbocycles. The number of rotatable bonds is 6. The molecule has 0 saturated heterocycles. The van der Waals surface area contributed by atoms with Gasteiger partial charge in [0.1, 0.15) is 5.75 Å². The average Bonchev–Trinajstić information content (AvgIpc) is 2.68. The summed E-state index contributed by atoms with van der Waals surface area (Å²) in [6.07, 6.45) is 2.97. The Balaban J connectivity index is 1.83. The molecule has 1 N–H and O–H groups in total. The molecule has 0 radical (unpaired) electrons. The minimum atomic E-state index is -0.577. The summed E-state index contributed by atoms with van der Waals surface area (Å²) in [5.41, 5.74) is 1.80. The molecule has 6 heteroatoms. The zero-order valence-electron chi connectivity index (χ0n) is 16.1. The monoisotopic (exact) mass is 369 g/mol. The van der Waals surface area contributed by atoms with E-state index < -0.39 is 6.10 Å². The first-order valence-electron chi connectivity index (χ1n) is 9.48. The van der Waals surface area contributed by atoms with Crippen LogP contribution in [0.2, 0.25) is 0 Å². The molecule has 2 aromatic rings. The number of aryl methyl sites for hydroxylation is 1. The fraction of sp³-hybridized carbons (Fsp3) is 0.429. The van der Waals surface area contributed by atoms with Crippen molar-refractivity contribution in [2.75, 3.05) is 11.4 Å². The number of hydrogen-bond donors (Lipinski definition) is 1. The Morgan fingerprint density at radius 1 is 1.26 bits per heavy atom. The lowest BCUT2D eigenvalue weighted by molar-refractivity contribution is -0.128. The molecule has 1 atom stereocenters. The van der Waals surface area contributed by atoms with Crippen LogP contribution >= 0.6 is 0 Å². The molecular formula is C21H27N3O3. The van der Waals surface area contributed by atoms with Crippen LogP contribution in [0.3, 0.4) is 0 Å². The molecule has 1 aliphatic heterocycles. The van der Waals surface area contributed by atoms with Gasteiger partial charge in [-0.15, -0.1) is 0 Å². The van der Waals surface area contributed by atoms with E-state index in [-0.39, 0.29) is 17.5 Å². The first-order chi connectivity index (χ1) is 13.0. The number of carbonyl (C=O) groups is 1. The van der Waals surface area contributed by atoms with E-state index in [1.54, 1.807) is 23.9 Å². The topological polar surface area (TPSA) is 63.6 Å². The van der Waals surface area contributed by atoms with Crippen LogP contribution in [0.25, 0.3) is 0 Å². The molecule has 0 spiro atoms. The lowest BCUT2D eigenvalue weighted by atomic mass is 10.1. The molecule has 0 bridgehead atoms. The standard InChI is InChI=1S/C21H27N3O3/c1-4-16(5-2)22-21(26)19-14-24(17-8-6-7-9-18(17)27-19)13-15-10-11-23(3)20(25)12-15/h6-12,16,19H,4-5,13-14H2,1-3H3,(H,22,26)/t19-/m0/s1. The Morgan fingerprint density at radius 2 is 2.00 bits per heavy atom. The van der Waals surface area contributed by atoms with Crippen LogP contribution in [-0.4, -0.2) is 29.2 Å². The molecule has 6 nitrogen and oxygen atoms in total. The van der Waals surface area contributed by atoms with E-state index >= 15 is 0 Å². The second-order valence-corrected chi connectivity index (χ2v) is 6.96. The van der Waals surface area contributed by atoms with Crippen LogP contribution in [0.15, 0.2) is 47.4 Å². The Bertz CT molecular complexity index is 858. The maximum absolute atomic E-state index is 12.7. The van der Waals surface area contributed by atoms with E-state index in [1.165, 1.54) is 0 Å². The molecule has 27 heavy (non-hydrogen) atoms. The number of ether oxygens (including phenoxy) is 1. The van der Waals surface area contributed by atoms with Gasteiger partial charge in [0, 0.05) is 31.9 Å². The normalized spacial score (nSPS) is 16.0. The van der Waals surface area contributed by atoms with Crippen molar-refractivity contribution in [1.29, 1.82) is 0 Å². The minimum absolute atomic E-state index is 0.0444. The number of carbonyl (C=O) groups excluding carboxylic acids is 1. The van der Waals surface area contributed by atoms with E-state index in [4.69, 9.17) is 4.74 Å². The predicted octanol–water partition coefficient (Wildman–Crippen LogP) is 2.46. The Labute approximate surface area is 159 Å². The molecule has 2 heterocycles. The number of nitrogens with one attached hydrogen (secondary N) is 1. The van der Waals surface area contributed by atoms with Gasteiger partial charge in [0.05, 0.1) is 12.2 Å². The number of nitrogens with zero attached hydrogens (tertiary/aromatic N) is 2. The van der Waals surface area contributed by atoms with Crippen molar-refractivity contribution in [1.82, 2.24) is 9.88 Å². The highest BCUT2D eigenvalue weighted by atomic mass is 16.5. The van der Waals surface area contributed by atoms with E-state index in [2.05, 4.69) is 24.1 Å². The zero-order chi connectivity index (χ0) is 19.4. The van der Waals surface area contributed by atoms with Crippen LogP contribution in [0.5, 0.6) is 5.75 Å². The number of amides is 1. The van der Waals surface area contributed by atoms with Gasteiger partial charge in [-0.25, -0.2) is 0 Å². The third-order valence-electron chi connectivity index (χ3n) is 5.03. The van der Waals surface area contributed by atoms with Crippen molar-refractivity contribution in [2.24, 2.45) is 7.05 Å². The number of aromatic nitrogens is 1. The summed E-state index contributed by atoms with van der Waals surface area (Å²) in [6.45, 7) is 5.12. The van der Waals surface area contributed by atoms with Gasteiger partial charge in [0.2, 0.25) is 0 Å². The number of hydrogen-bond acceptors (Lipinski definition) is 4. The fourth-order valence-electron chi connectivity index (χ4n) is 3.29. The third kappa shape index (κ3) is 4.32. The van der Waals surface area contributed by atoms with Crippen molar-refractivity contribution in [2.45, 2.75) is 45.4 Å². The van der Waals surface area contributed by atoms with E-state index in [1.807, 2.05) is 30.3 Å². The molecule has 144 valence electrons. The van der Waals surface area contributed by atoms with Gasteiger partial charge in [0.25, 0.3) is 11.5 Å². The van der Waals surface area contributed by atoms with E-state index in [9.17, 15) is 9.59 Å². The van der Waals surface area contributed by atoms with Crippen LogP contribution in [0, 0.1) is 0 Å². The second-order valence-electron chi connectivity index (χ2n) is 6.96. The molecular weight excluding hydrogens is 342 g/mol. The summed E-state index contributed by atoms with van der Waals surface area (Å²) in [4.78, 5) is 26.8. The molecule has 1 aromatic carbocycles. The number of anilines is 1. The summed E-state index contributed by atoms with van der Waals surface area (Å²) in [7, 11) is 1.73. The van der Waals surface area contributed by atoms with Gasteiger partial charge in [-0.2, -0.15) is 0 Å². The summed E-state index contributed by atoms with van der Waals surface area (Å²) >= 11 is 0. The van der Waals surface area contributed by atoms with Crippen molar-refractivity contribution < 1.29 is 9.53 Å². The van der Waals surface area contributed by atoms with E-state index in [0.717, 1.165) is 24.1 Å². The van der Waals surface area contributed by atoms with Crippen LogP contribution in [-0.2, 0) is 18.4 Å². The van der Waals surface area contributed by atoms with Crippen molar-refractivity contribution >= 4 is 11.6 Å². The summed E-state index contributed by atoms with van der Waals surface area (Å²) in [5, 5.41) is 3.07. The third-order valence-corrected chi connectivity index (χ3v) is 5.03. The first-order valence-corrected chi connectivity index (χ1v) is 9.48. The van der Waals surface area contributed by atoms with Crippen molar-refractivity contribution in [3.8, 4) is 5.75 Å². The SMILES string of the molecule is CCC(CC)NC(=O)[C@@H]1CN(Cc2ccn(C)c(=O)c2)c2ccccc2O1. The minimum Gasteiger partial charge on any atom is -0.477 e. The summed E-state index contributed by atoms with van der Waals surface area (Å²) in [5.74, 6) is 0.601. The van der Waals surface area contributed by atoms with Crippen LogP contribution < -0.4 is 20.5 Å². The molecule has 0 unspecified atom stereocenters. The molecule has 3 rings (SSSR count). The molecule has 0 saturated carbocycles. The number of fused-ring (bicyclic) bond motifs is 1. The maximum Gasteiger partial charge on any atom is 0.263 e. The number of benzene rings is 1. The lowest BCUT2D eigenvalue weighted by Gasteiger charge is -2.36. The lowest BCUT2D eigenvalue weighted by Crippen LogP contribution is -2.51. The van der Waals surface area contributed by atoms with Gasteiger partial charge in [-0.1, -0.05) is 26.0 Å².